The van der Waals surface area contributed by atoms with Crippen molar-refractivity contribution in [1.29, 1.82) is 0 Å². The third kappa shape index (κ3) is 6.09. The van der Waals surface area contributed by atoms with Gasteiger partial charge >= 0.3 is 0 Å². The fraction of sp³-hybridized carbons (Fsp3) is 0.611. The fourth-order valence-electron chi connectivity index (χ4n) is 2.74. The zero-order chi connectivity index (χ0) is 15.8. The van der Waals surface area contributed by atoms with Gasteiger partial charge in [0.2, 0.25) is 5.24 Å². The van der Waals surface area contributed by atoms with Gasteiger partial charge in [0, 0.05) is 0 Å². The van der Waals surface area contributed by atoms with E-state index in [0.29, 0.717) is 5.92 Å². The highest BCUT2D eigenvalue weighted by Gasteiger charge is 2.21. The van der Waals surface area contributed by atoms with E-state index in [2.05, 4.69) is 20.8 Å². The molecule has 1 aromatic rings. The molecule has 0 spiro atoms. The molecule has 0 radical (unpaired) electrons. The van der Waals surface area contributed by atoms with Crippen LogP contribution in [0.1, 0.15) is 64.4 Å². The fourth-order valence-corrected chi connectivity index (χ4v) is 2.98. The van der Waals surface area contributed by atoms with Gasteiger partial charge in [0.15, 0.2) is 0 Å². The van der Waals surface area contributed by atoms with Crippen molar-refractivity contribution in [3.63, 3.8) is 0 Å². The van der Waals surface area contributed by atoms with Crippen molar-refractivity contribution in [2.75, 3.05) is 0 Å². The summed E-state index contributed by atoms with van der Waals surface area (Å²) < 4.78 is 0. The quantitative estimate of drug-likeness (QED) is 0.613. The number of halogens is 1. The summed E-state index contributed by atoms with van der Waals surface area (Å²) in [6.45, 7) is 6.72. The molecule has 0 saturated heterocycles. The van der Waals surface area contributed by atoms with Crippen LogP contribution in [-0.4, -0.2) is 10.3 Å². The topological polar surface area (TPSA) is 37.3 Å². The van der Waals surface area contributed by atoms with Crippen LogP contribution in [0.25, 0.3) is 0 Å². The number of phenolic OH excluding ortho intramolecular Hbond substituents is 1. The second kappa shape index (κ2) is 9.09. The summed E-state index contributed by atoms with van der Waals surface area (Å²) in [5.74, 6) is 1.32. The molecule has 0 aromatic heterocycles. The summed E-state index contributed by atoms with van der Waals surface area (Å²) in [4.78, 5) is 11.7. The van der Waals surface area contributed by atoms with Gasteiger partial charge in [-0.2, -0.15) is 0 Å². The maximum atomic E-state index is 11.7. The van der Waals surface area contributed by atoms with Gasteiger partial charge in [0.1, 0.15) is 5.75 Å². The molecule has 3 heteroatoms. The smallest absolute Gasteiger partial charge is 0.229 e. The second-order valence-electron chi connectivity index (χ2n) is 6.05. The third-order valence-electron chi connectivity index (χ3n) is 4.44. The second-order valence-corrected chi connectivity index (χ2v) is 6.42. The molecule has 21 heavy (non-hydrogen) atoms. The minimum Gasteiger partial charge on any atom is -0.508 e. The van der Waals surface area contributed by atoms with Gasteiger partial charge in [-0.3, -0.25) is 4.79 Å². The summed E-state index contributed by atoms with van der Waals surface area (Å²) in [7, 11) is 0. The SMILES string of the molecule is CCC(C)CC(CC)CCC(C(=O)Cl)c1ccc(O)cc1. The summed E-state index contributed by atoms with van der Waals surface area (Å²) in [5, 5.41) is 9.04. The number of rotatable bonds is 9. The molecular formula is C18H27ClO2. The lowest BCUT2D eigenvalue weighted by molar-refractivity contribution is -0.113. The maximum Gasteiger partial charge on any atom is 0.229 e. The van der Waals surface area contributed by atoms with Crippen molar-refractivity contribution < 1.29 is 9.90 Å². The van der Waals surface area contributed by atoms with Crippen LogP contribution in [-0.2, 0) is 4.79 Å². The number of carbonyl (C=O) groups excluding carboxylic acids is 1. The van der Waals surface area contributed by atoms with Gasteiger partial charge in [0.05, 0.1) is 5.92 Å². The molecule has 0 heterocycles. The van der Waals surface area contributed by atoms with E-state index in [1.54, 1.807) is 24.3 Å². The molecular weight excluding hydrogens is 284 g/mol. The molecule has 3 unspecified atom stereocenters. The van der Waals surface area contributed by atoms with Crippen LogP contribution < -0.4 is 0 Å². The Hall–Kier alpha value is -1.02. The molecule has 1 rings (SSSR count). The highest BCUT2D eigenvalue weighted by molar-refractivity contribution is 6.64. The van der Waals surface area contributed by atoms with Crippen LogP contribution in [0.15, 0.2) is 24.3 Å². The van der Waals surface area contributed by atoms with Crippen molar-refractivity contribution >= 4 is 16.8 Å². The zero-order valence-corrected chi connectivity index (χ0v) is 14.1. The number of aromatic hydroxyl groups is 1. The van der Waals surface area contributed by atoms with Crippen LogP contribution in [0, 0.1) is 11.8 Å². The summed E-state index contributed by atoms with van der Waals surface area (Å²) >= 11 is 5.78. The molecule has 0 aliphatic heterocycles. The first-order valence-electron chi connectivity index (χ1n) is 7.96. The number of hydrogen-bond acceptors (Lipinski definition) is 2. The van der Waals surface area contributed by atoms with Crippen molar-refractivity contribution in [3.05, 3.63) is 29.8 Å². The largest absolute Gasteiger partial charge is 0.508 e. The zero-order valence-electron chi connectivity index (χ0n) is 13.3. The molecule has 118 valence electrons. The minimum atomic E-state index is -0.306. The van der Waals surface area contributed by atoms with Crippen LogP contribution in [0.5, 0.6) is 5.75 Å². The molecule has 1 aromatic carbocycles. The van der Waals surface area contributed by atoms with E-state index in [9.17, 15) is 9.90 Å². The Kier molecular flexibility index (Phi) is 7.81. The van der Waals surface area contributed by atoms with Crippen LogP contribution >= 0.6 is 11.6 Å². The third-order valence-corrected chi connectivity index (χ3v) is 4.71. The first kappa shape index (κ1) is 18.0. The Labute approximate surface area is 133 Å². The predicted octanol–water partition coefficient (Wildman–Crippen LogP) is 5.48. The highest BCUT2D eigenvalue weighted by Crippen LogP contribution is 2.30. The van der Waals surface area contributed by atoms with E-state index in [4.69, 9.17) is 11.6 Å². The summed E-state index contributed by atoms with van der Waals surface area (Å²) in [5.41, 5.74) is 0.895. The molecule has 0 fully saturated rings. The normalized spacial score (nSPS) is 15.4. The highest BCUT2D eigenvalue weighted by atomic mass is 35.5. The van der Waals surface area contributed by atoms with Crippen molar-refractivity contribution in [1.82, 2.24) is 0 Å². The van der Waals surface area contributed by atoms with E-state index in [0.717, 1.165) is 30.7 Å². The lowest BCUT2D eigenvalue weighted by Crippen LogP contribution is -2.11. The van der Waals surface area contributed by atoms with Crippen LogP contribution in [0.2, 0.25) is 0 Å². The average molecular weight is 311 g/mol. The molecule has 1 N–H and O–H groups in total. The Balaban J connectivity index is 2.66. The lowest BCUT2D eigenvalue weighted by atomic mass is 9.85. The van der Waals surface area contributed by atoms with E-state index < -0.39 is 0 Å². The molecule has 3 atom stereocenters. The number of carbonyl (C=O) groups is 1. The van der Waals surface area contributed by atoms with Gasteiger partial charge in [-0.25, -0.2) is 0 Å². The number of hydrogen-bond donors (Lipinski definition) is 1. The predicted molar refractivity (Wildman–Crippen MR) is 88.8 cm³/mol. The molecule has 0 saturated carbocycles. The number of phenols is 1. The first-order chi connectivity index (χ1) is 9.97. The van der Waals surface area contributed by atoms with Gasteiger partial charge in [-0.15, -0.1) is 0 Å². The van der Waals surface area contributed by atoms with E-state index in [1.165, 1.54) is 12.8 Å². The van der Waals surface area contributed by atoms with Crippen molar-refractivity contribution in [2.45, 2.75) is 58.8 Å². The first-order valence-corrected chi connectivity index (χ1v) is 8.33. The monoisotopic (exact) mass is 310 g/mol. The summed E-state index contributed by atoms with van der Waals surface area (Å²) in [6.07, 6.45) is 5.36. The van der Waals surface area contributed by atoms with Gasteiger partial charge in [0.25, 0.3) is 0 Å². The number of benzene rings is 1. The Morgan fingerprint density at radius 1 is 1.14 bits per heavy atom. The summed E-state index contributed by atoms with van der Waals surface area (Å²) in [6, 6.07) is 6.79. The Morgan fingerprint density at radius 3 is 2.24 bits per heavy atom. The molecule has 0 aliphatic carbocycles. The lowest BCUT2D eigenvalue weighted by Gasteiger charge is -2.21. The van der Waals surface area contributed by atoms with Crippen LogP contribution in [0.3, 0.4) is 0 Å². The van der Waals surface area contributed by atoms with Gasteiger partial charge in [-0.1, -0.05) is 45.7 Å². The van der Waals surface area contributed by atoms with E-state index >= 15 is 0 Å². The van der Waals surface area contributed by atoms with E-state index in [1.807, 2.05) is 0 Å². The molecule has 2 nitrogen and oxygen atoms in total. The molecule has 0 amide bonds. The molecule has 0 bridgehead atoms. The maximum absolute atomic E-state index is 11.7. The average Bonchev–Trinajstić information content (AvgIpc) is 2.47. The standard InChI is InChI=1S/C18H27ClO2/c1-4-13(3)12-14(5-2)6-11-17(18(19)21)15-7-9-16(20)10-8-15/h7-10,13-14,17,20H,4-6,11-12H2,1-3H3. The Bertz CT molecular complexity index is 427. The Morgan fingerprint density at radius 2 is 1.76 bits per heavy atom. The van der Waals surface area contributed by atoms with Crippen molar-refractivity contribution in [3.8, 4) is 5.75 Å². The van der Waals surface area contributed by atoms with Gasteiger partial charge in [-0.05, 0) is 60.4 Å². The van der Waals surface area contributed by atoms with E-state index in [-0.39, 0.29) is 16.9 Å². The van der Waals surface area contributed by atoms with Gasteiger partial charge < -0.3 is 5.11 Å². The minimum absolute atomic E-state index is 0.211. The van der Waals surface area contributed by atoms with Crippen LogP contribution in [0.4, 0.5) is 0 Å². The van der Waals surface area contributed by atoms with Crippen molar-refractivity contribution in [2.24, 2.45) is 11.8 Å². The molecule has 0 aliphatic rings.